The lowest BCUT2D eigenvalue weighted by Gasteiger charge is -2.16. The molecule has 0 aliphatic rings. The van der Waals surface area contributed by atoms with Crippen molar-refractivity contribution in [2.45, 2.75) is 59.4 Å². The first kappa shape index (κ1) is 45.5. The standard InChI is InChI=1S/C19H18Cl3FN2O4.C18H17Cl3FNO3/c1-9(2)25-15-6-12(20)3-11(17(15)23)8-29-18-13(21)4-10(5-14(18)22)19(28)24-7-16(26)27;1-9(2)23-15-7-12(19)6-11(17(15)22)8-26-18-13(20)3-10(4-14(18)21)5-16(24)25/h3-6,9,25H,7-8H2,1-2H3,(H,24,28)(H,26,27);3-4,6-7,9,23H,5,8H2,1-2H3,(H,24,25). The first-order chi connectivity index (χ1) is 25.7. The third kappa shape index (κ3) is 14.0. The number of carbonyl (C=O) groups excluding carboxylic acids is 1. The smallest absolute Gasteiger partial charge is 0.322 e. The molecule has 0 atom stereocenters. The highest BCUT2D eigenvalue weighted by molar-refractivity contribution is 6.38. The maximum absolute atomic E-state index is 14.7. The maximum Gasteiger partial charge on any atom is 0.322 e. The van der Waals surface area contributed by atoms with Crippen molar-refractivity contribution in [2.75, 3.05) is 17.2 Å². The Balaban J connectivity index is 0.000000297. The third-order valence-corrected chi connectivity index (χ3v) is 8.49. The molecule has 0 saturated carbocycles. The van der Waals surface area contributed by atoms with Crippen molar-refractivity contribution in [3.8, 4) is 11.5 Å². The fourth-order valence-corrected chi connectivity index (χ4v) is 6.47. The van der Waals surface area contributed by atoms with Gasteiger partial charge in [-0.2, -0.15) is 0 Å². The molecule has 55 heavy (non-hydrogen) atoms. The minimum atomic E-state index is -1.19. The van der Waals surface area contributed by atoms with Crippen LogP contribution in [0.1, 0.15) is 54.7 Å². The molecular weight excluding hydrogens is 849 g/mol. The number of amides is 1. The number of carboxylic acid groups (broad SMARTS) is 2. The van der Waals surface area contributed by atoms with E-state index in [2.05, 4.69) is 16.0 Å². The monoisotopic (exact) mass is 881 g/mol. The van der Waals surface area contributed by atoms with Crippen molar-refractivity contribution in [1.29, 1.82) is 0 Å². The van der Waals surface area contributed by atoms with Gasteiger partial charge in [0, 0.05) is 38.8 Å². The zero-order chi connectivity index (χ0) is 41.1. The van der Waals surface area contributed by atoms with Crippen LogP contribution < -0.4 is 25.4 Å². The van der Waals surface area contributed by atoms with Gasteiger partial charge in [0.15, 0.2) is 23.1 Å². The minimum Gasteiger partial charge on any atom is -0.486 e. The van der Waals surface area contributed by atoms with Crippen molar-refractivity contribution >= 4 is 98.8 Å². The Morgan fingerprint density at radius 2 is 1.04 bits per heavy atom. The third-order valence-electron chi connectivity index (χ3n) is 6.93. The summed E-state index contributed by atoms with van der Waals surface area (Å²) in [6.07, 6.45) is -0.215. The van der Waals surface area contributed by atoms with Crippen LogP contribution in [0.2, 0.25) is 30.1 Å². The summed E-state index contributed by atoms with van der Waals surface area (Å²) in [7, 11) is 0. The van der Waals surface area contributed by atoms with Gasteiger partial charge in [-0.1, -0.05) is 69.6 Å². The molecule has 4 aromatic rings. The summed E-state index contributed by atoms with van der Waals surface area (Å²) in [5.41, 5.74) is 1.45. The molecule has 0 radical (unpaired) electrons. The summed E-state index contributed by atoms with van der Waals surface area (Å²) in [6, 6.07) is 11.4. The Hall–Kier alpha value is -3.91. The van der Waals surface area contributed by atoms with E-state index in [9.17, 15) is 23.2 Å². The lowest BCUT2D eigenvalue weighted by Crippen LogP contribution is -2.29. The second-order valence-electron chi connectivity index (χ2n) is 12.3. The molecule has 0 unspecified atom stereocenters. The van der Waals surface area contributed by atoms with Crippen LogP contribution in [0, 0.1) is 11.6 Å². The summed E-state index contributed by atoms with van der Waals surface area (Å²) >= 11 is 36.6. The van der Waals surface area contributed by atoms with E-state index in [0.717, 1.165) is 0 Å². The zero-order valence-electron chi connectivity index (χ0n) is 29.6. The lowest BCUT2D eigenvalue weighted by atomic mass is 10.1. The molecule has 0 fully saturated rings. The summed E-state index contributed by atoms with van der Waals surface area (Å²) in [4.78, 5) is 33.3. The molecule has 18 heteroatoms. The summed E-state index contributed by atoms with van der Waals surface area (Å²) in [6.45, 7) is 6.60. The molecule has 5 N–H and O–H groups in total. The molecule has 0 heterocycles. The molecule has 4 rings (SSSR count). The number of benzene rings is 4. The maximum atomic E-state index is 14.7. The van der Waals surface area contributed by atoms with Gasteiger partial charge in [-0.3, -0.25) is 14.4 Å². The lowest BCUT2D eigenvalue weighted by molar-refractivity contribution is -0.137. The van der Waals surface area contributed by atoms with Gasteiger partial charge >= 0.3 is 11.9 Å². The average Bonchev–Trinajstić information content (AvgIpc) is 3.06. The van der Waals surface area contributed by atoms with Gasteiger partial charge in [0.1, 0.15) is 19.8 Å². The summed E-state index contributed by atoms with van der Waals surface area (Å²) in [5, 5.41) is 26.6. The molecule has 10 nitrogen and oxygen atoms in total. The van der Waals surface area contributed by atoms with E-state index in [-0.39, 0.29) is 91.4 Å². The Morgan fingerprint density at radius 3 is 1.40 bits per heavy atom. The SMILES string of the molecule is CC(C)Nc1cc(Cl)cc(COc2c(Cl)cc(C(=O)NCC(=O)O)cc2Cl)c1F.CC(C)Nc1cc(Cl)cc(COc2c(Cl)cc(CC(=O)O)cc2Cl)c1F. The van der Waals surface area contributed by atoms with Crippen molar-refractivity contribution in [1.82, 2.24) is 5.32 Å². The number of nitrogens with one attached hydrogen (secondary N) is 3. The molecule has 0 aromatic heterocycles. The molecule has 0 aliphatic carbocycles. The number of carboxylic acids is 2. The normalized spacial score (nSPS) is 10.8. The first-order valence-corrected chi connectivity index (χ1v) is 18.5. The highest BCUT2D eigenvalue weighted by Crippen LogP contribution is 2.37. The van der Waals surface area contributed by atoms with Crippen LogP contribution in [-0.4, -0.2) is 46.7 Å². The number of rotatable bonds is 15. The van der Waals surface area contributed by atoms with E-state index in [1.54, 1.807) is 0 Å². The van der Waals surface area contributed by atoms with Crippen LogP contribution in [0.5, 0.6) is 11.5 Å². The Bertz CT molecular complexity index is 2010. The van der Waals surface area contributed by atoms with Gasteiger partial charge in [0.2, 0.25) is 0 Å². The first-order valence-electron chi connectivity index (χ1n) is 16.2. The van der Waals surface area contributed by atoms with Crippen LogP contribution in [0.4, 0.5) is 20.2 Å². The Morgan fingerprint density at radius 1 is 0.636 bits per heavy atom. The van der Waals surface area contributed by atoms with Crippen molar-refractivity contribution in [2.24, 2.45) is 0 Å². The van der Waals surface area contributed by atoms with Gasteiger partial charge in [0.25, 0.3) is 5.91 Å². The Labute approximate surface area is 345 Å². The predicted octanol–water partition coefficient (Wildman–Crippen LogP) is 10.8. The summed E-state index contributed by atoms with van der Waals surface area (Å²) < 4.78 is 40.4. The van der Waals surface area contributed by atoms with Crippen molar-refractivity contribution in [3.05, 3.63) is 113 Å². The number of hydrogen-bond donors (Lipinski definition) is 5. The molecule has 4 aromatic carbocycles. The van der Waals surface area contributed by atoms with Crippen LogP contribution in [0.25, 0.3) is 0 Å². The number of carbonyl (C=O) groups is 3. The molecule has 0 aliphatic heterocycles. The highest BCUT2D eigenvalue weighted by atomic mass is 35.5. The van der Waals surface area contributed by atoms with E-state index < -0.39 is 36.0 Å². The fourth-order valence-electron chi connectivity index (χ4n) is 4.75. The molecular formula is C37H35Cl6F2N3O7. The molecule has 1 amide bonds. The van der Waals surface area contributed by atoms with Gasteiger partial charge in [-0.25, -0.2) is 8.78 Å². The van der Waals surface area contributed by atoms with E-state index in [0.29, 0.717) is 15.6 Å². The number of aliphatic carboxylic acids is 2. The van der Waals surface area contributed by atoms with Gasteiger partial charge in [-0.05, 0) is 81.8 Å². The van der Waals surface area contributed by atoms with Crippen LogP contribution in [-0.2, 0) is 29.2 Å². The molecule has 0 saturated heterocycles. The second kappa shape index (κ2) is 20.8. The van der Waals surface area contributed by atoms with Crippen molar-refractivity contribution in [3.63, 3.8) is 0 Å². The van der Waals surface area contributed by atoms with Gasteiger partial charge < -0.3 is 35.6 Å². The van der Waals surface area contributed by atoms with E-state index in [1.165, 1.54) is 48.5 Å². The number of hydrogen-bond acceptors (Lipinski definition) is 7. The average molecular weight is 884 g/mol. The van der Waals surface area contributed by atoms with Gasteiger partial charge in [-0.15, -0.1) is 0 Å². The fraction of sp³-hybridized carbons (Fsp3) is 0.270. The predicted molar refractivity (Wildman–Crippen MR) is 213 cm³/mol. The Kier molecular flexibility index (Phi) is 17.2. The van der Waals surface area contributed by atoms with Crippen LogP contribution in [0.15, 0.2) is 48.5 Å². The molecule has 0 bridgehead atoms. The van der Waals surface area contributed by atoms with E-state index >= 15 is 0 Å². The largest absolute Gasteiger partial charge is 0.486 e. The van der Waals surface area contributed by atoms with E-state index in [1.807, 2.05) is 27.7 Å². The molecule has 296 valence electrons. The number of halogens is 8. The van der Waals surface area contributed by atoms with E-state index in [4.69, 9.17) is 89.3 Å². The topological polar surface area (TPSA) is 146 Å². The van der Waals surface area contributed by atoms with Crippen LogP contribution >= 0.6 is 69.6 Å². The van der Waals surface area contributed by atoms with Gasteiger partial charge in [0.05, 0.1) is 37.9 Å². The second-order valence-corrected chi connectivity index (χ2v) is 14.8. The summed E-state index contributed by atoms with van der Waals surface area (Å²) in [5.74, 6) is -3.63. The quantitative estimate of drug-likeness (QED) is 0.0787. The molecule has 0 spiro atoms. The van der Waals surface area contributed by atoms with Crippen molar-refractivity contribution < 1.29 is 42.9 Å². The number of anilines is 2. The minimum absolute atomic E-state index is 0.000409. The zero-order valence-corrected chi connectivity index (χ0v) is 34.1. The van der Waals surface area contributed by atoms with Crippen LogP contribution in [0.3, 0.4) is 0 Å². The highest BCUT2D eigenvalue weighted by Gasteiger charge is 2.18. The number of ether oxygens (including phenoxy) is 2.